The van der Waals surface area contributed by atoms with Crippen LogP contribution in [0.15, 0.2) is 53.4 Å². The van der Waals surface area contributed by atoms with Crippen molar-refractivity contribution in [3.05, 3.63) is 64.7 Å². The van der Waals surface area contributed by atoms with Crippen LogP contribution in [0.25, 0.3) is 0 Å². The largest absolute Gasteiger partial charge is 0.490 e. The molecule has 2 aromatic carbocycles. The van der Waals surface area contributed by atoms with E-state index in [9.17, 15) is 18.0 Å². The number of carbonyl (C=O) groups excluding carboxylic acids is 2. The highest BCUT2D eigenvalue weighted by Crippen LogP contribution is 2.48. The maximum absolute atomic E-state index is 13.9. The number of nitrogens with one attached hydrogen (secondary N) is 1. The second-order valence-electron chi connectivity index (χ2n) is 14.3. The third-order valence-corrected chi connectivity index (χ3v) is 13.1. The van der Waals surface area contributed by atoms with Gasteiger partial charge in [-0.15, -0.1) is 0 Å². The Kier molecular flexibility index (Phi) is 8.91. The average molecular weight is 698 g/mol. The van der Waals surface area contributed by atoms with Crippen LogP contribution in [0.1, 0.15) is 56.1 Å². The van der Waals surface area contributed by atoms with Crippen molar-refractivity contribution in [3.63, 3.8) is 0 Å². The van der Waals surface area contributed by atoms with Crippen LogP contribution in [0.3, 0.4) is 0 Å². The first-order valence-electron chi connectivity index (χ1n) is 17.0. The van der Waals surface area contributed by atoms with Gasteiger partial charge in [-0.3, -0.25) is 4.79 Å². The standard InChI is InChI=1S/C36H44ClN3O7S/c1-45-31-7-4-17-39(34(42)46-2)21-35(15-5-16-35)33(41)38-48(43,44)27-10-13-32-30(19-27)40(20-25-8-11-28(25)31)22-36(23-47-32)14-3-6-24-18-26(37)9-12-29(24)36/h4,7,9-10,12-13,18-19,25,28,31H,3,5-6,8,11,14-17,20-23H2,1-2H3,(H,38,41)/b7-4+/t25-,28+,31+,36-/m0/s1. The van der Waals surface area contributed by atoms with Gasteiger partial charge in [0.2, 0.25) is 5.91 Å². The zero-order valence-electron chi connectivity index (χ0n) is 27.6. The van der Waals surface area contributed by atoms with Crippen LogP contribution < -0.4 is 14.4 Å². The average Bonchev–Trinajstić information content (AvgIpc) is 3.18. The van der Waals surface area contributed by atoms with E-state index in [1.54, 1.807) is 19.2 Å². The number of hydrogen-bond acceptors (Lipinski definition) is 8. The van der Waals surface area contributed by atoms with Gasteiger partial charge in [-0.25, -0.2) is 17.9 Å². The van der Waals surface area contributed by atoms with Crippen LogP contribution in [0.4, 0.5) is 10.5 Å². The maximum Gasteiger partial charge on any atom is 0.409 e. The minimum Gasteiger partial charge on any atom is -0.490 e. The summed E-state index contributed by atoms with van der Waals surface area (Å²) in [6.07, 6.45) is 9.77. The summed E-state index contributed by atoms with van der Waals surface area (Å²) < 4.78 is 47.8. The van der Waals surface area contributed by atoms with Crippen molar-refractivity contribution in [3.8, 4) is 5.75 Å². The van der Waals surface area contributed by atoms with Crippen molar-refractivity contribution in [2.75, 3.05) is 51.9 Å². The van der Waals surface area contributed by atoms with E-state index in [0.29, 0.717) is 44.0 Å². The highest BCUT2D eigenvalue weighted by atomic mass is 35.5. The number of halogens is 1. The summed E-state index contributed by atoms with van der Waals surface area (Å²) in [6, 6.07) is 11.0. The zero-order valence-corrected chi connectivity index (χ0v) is 29.2. The summed E-state index contributed by atoms with van der Waals surface area (Å²) >= 11 is 6.43. The summed E-state index contributed by atoms with van der Waals surface area (Å²) in [7, 11) is -1.23. The van der Waals surface area contributed by atoms with Crippen molar-refractivity contribution in [1.82, 2.24) is 9.62 Å². The van der Waals surface area contributed by atoms with Crippen molar-refractivity contribution < 1.29 is 32.2 Å². The lowest BCUT2D eigenvalue weighted by Crippen LogP contribution is -2.54. The zero-order chi connectivity index (χ0) is 33.7. The van der Waals surface area contributed by atoms with Gasteiger partial charge in [0.15, 0.2) is 0 Å². The van der Waals surface area contributed by atoms with Gasteiger partial charge in [0, 0.05) is 43.7 Å². The number of aryl methyl sites for hydroxylation is 1. The molecule has 10 nitrogen and oxygen atoms in total. The lowest BCUT2D eigenvalue weighted by molar-refractivity contribution is -0.135. The van der Waals surface area contributed by atoms with Gasteiger partial charge in [0.1, 0.15) is 5.75 Å². The summed E-state index contributed by atoms with van der Waals surface area (Å²) in [5.74, 6) is 0.534. The number of nitrogens with zero attached hydrogens (tertiary/aromatic N) is 2. The molecular formula is C36H44ClN3O7S. The number of amides is 2. The second kappa shape index (κ2) is 12.9. The summed E-state index contributed by atoms with van der Waals surface area (Å²) in [5, 5.41) is 0.718. The van der Waals surface area contributed by atoms with Gasteiger partial charge in [-0.2, -0.15) is 0 Å². The molecule has 0 aromatic heterocycles. The Bertz CT molecular complexity index is 1730. The monoisotopic (exact) mass is 697 g/mol. The molecule has 2 bridgehead atoms. The van der Waals surface area contributed by atoms with E-state index < -0.39 is 27.4 Å². The van der Waals surface area contributed by atoms with Crippen molar-refractivity contribution in [2.45, 2.75) is 67.8 Å². The number of ether oxygens (including phenoxy) is 3. The summed E-state index contributed by atoms with van der Waals surface area (Å²) in [5.41, 5.74) is 1.83. The van der Waals surface area contributed by atoms with Gasteiger partial charge in [-0.1, -0.05) is 36.2 Å². The maximum atomic E-state index is 13.9. The van der Waals surface area contributed by atoms with Crippen LogP contribution in [0.5, 0.6) is 5.75 Å². The molecule has 7 rings (SSSR count). The molecule has 4 atom stereocenters. The quantitative estimate of drug-likeness (QED) is 0.391. The van der Waals surface area contributed by atoms with E-state index in [2.05, 4.69) is 21.8 Å². The van der Waals surface area contributed by atoms with E-state index in [-0.39, 0.29) is 41.3 Å². The Labute approximate surface area is 287 Å². The molecule has 2 heterocycles. The van der Waals surface area contributed by atoms with Crippen molar-refractivity contribution in [2.24, 2.45) is 17.3 Å². The molecule has 1 N–H and O–H groups in total. The topological polar surface area (TPSA) is 114 Å². The van der Waals surface area contributed by atoms with Gasteiger partial charge in [-0.05, 0) is 98.2 Å². The fourth-order valence-corrected chi connectivity index (χ4v) is 9.85. The fourth-order valence-electron chi connectivity index (χ4n) is 8.56. The molecule has 2 amide bonds. The smallest absolute Gasteiger partial charge is 0.409 e. The molecule has 2 saturated carbocycles. The third-order valence-electron chi connectivity index (χ3n) is 11.5. The predicted molar refractivity (Wildman–Crippen MR) is 182 cm³/mol. The predicted octanol–water partition coefficient (Wildman–Crippen LogP) is 5.47. The lowest BCUT2D eigenvalue weighted by Gasteiger charge is -2.46. The van der Waals surface area contributed by atoms with E-state index in [4.69, 9.17) is 25.8 Å². The van der Waals surface area contributed by atoms with E-state index in [0.717, 1.165) is 43.5 Å². The number of anilines is 1. The summed E-state index contributed by atoms with van der Waals surface area (Å²) in [6.45, 7) is 2.07. The first-order chi connectivity index (χ1) is 23.1. The molecule has 0 unspecified atom stereocenters. The number of hydrogen-bond donors (Lipinski definition) is 1. The number of benzene rings is 2. The van der Waals surface area contributed by atoms with E-state index >= 15 is 0 Å². The van der Waals surface area contributed by atoms with Crippen LogP contribution in [0, 0.1) is 17.3 Å². The first-order valence-corrected chi connectivity index (χ1v) is 18.8. The van der Waals surface area contributed by atoms with Crippen LogP contribution in [0.2, 0.25) is 5.02 Å². The SMILES string of the molecule is COC(=O)N1C/C=C/[C@@H](OC)[C@@H]2CC[C@H]2CN2C[C@@]3(CCCc4cc(Cl)ccc43)COc3ccc(cc32)S(=O)(=O)NC(=O)C2(CCC2)C1. The molecule has 48 heavy (non-hydrogen) atoms. The fraction of sp³-hybridized carbons (Fsp3) is 0.556. The molecule has 2 fully saturated rings. The van der Waals surface area contributed by atoms with Gasteiger partial charge in [0.25, 0.3) is 10.0 Å². The minimum absolute atomic E-state index is 0.000171. The van der Waals surface area contributed by atoms with Crippen LogP contribution >= 0.6 is 11.6 Å². The normalized spacial score (nSPS) is 29.9. The van der Waals surface area contributed by atoms with E-state index in [1.165, 1.54) is 29.2 Å². The molecule has 258 valence electrons. The molecule has 2 aliphatic heterocycles. The van der Waals surface area contributed by atoms with Gasteiger partial charge in [0.05, 0.1) is 35.8 Å². The lowest BCUT2D eigenvalue weighted by atomic mass is 9.68. The Morgan fingerprint density at radius 3 is 2.56 bits per heavy atom. The first kappa shape index (κ1) is 33.2. The minimum atomic E-state index is -4.24. The molecule has 0 radical (unpaired) electrons. The van der Waals surface area contributed by atoms with Crippen LogP contribution in [-0.2, 0) is 36.1 Å². The van der Waals surface area contributed by atoms with Gasteiger partial charge < -0.3 is 24.0 Å². The number of methoxy groups -OCH3 is 2. The van der Waals surface area contributed by atoms with Gasteiger partial charge >= 0.3 is 6.09 Å². The molecule has 3 aliphatic carbocycles. The Balaban J connectivity index is 1.31. The molecule has 2 spiro atoms. The number of fused-ring (bicyclic) bond motifs is 4. The highest BCUT2D eigenvalue weighted by molar-refractivity contribution is 7.90. The van der Waals surface area contributed by atoms with E-state index in [1.807, 2.05) is 18.2 Å². The number of sulfonamides is 1. The highest BCUT2D eigenvalue weighted by Gasteiger charge is 2.48. The Morgan fingerprint density at radius 1 is 1.04 bits per heavy atom. The molecule has 0 saturated heterocycles. The summed E-state index contributed by atoms with van der Waals surface area (Å²) in [4.78, 5) is 30.4. The number of rotatable bonds is 1. The Morgan fingerprint density at radius 2 is 1.85 bits per heavy atom. The molecule has 2 aromatic rings. The van der Waals surface area contributed by atoms with Crippen LogP contribution in [-0.4, -0.2) is 78.4 Å². The molecule has 12 heteroatoms. The third kappa shape index (κ3) is 5.96. The van der Waals surface area contributed by atoms with Crippen molar-refractivity contribution >= 4 is 39.3 Å². The second-order valence-corrected chi connectivity index (χ2v) is 16.4. The van der Waals surface area contributed by atoms with Crippen molar-refractivity contribution in [1.29, 1.82) is 0 Å². The number of carbonyl (C=O) groups is 2. The molecular weight excluding hydrogens is 654 g/mol. The Hall–Kier alpha value is -3.28. The molecule has 5 aliphatic rings.